The summed E-state index contributed by atoms with van der Waals surface area (Å²) in [4.78, 5) is 4.49. The van der Waals surface area contributed by atoms with Gasteiger partial charge in [0.1, 0.15) is 5.82 Å². The third-order valence-electron chi connectivity index (χ3n) is 6.20. The Labute approximate surface area is 181 Å². The molecule has 2 aromatic heterocycles. The number of H-pyrrole nitrogens is 1. The number of benzene rings is 1. The number of nitrogens with zero attached hydrogens (tertiary/aromatic N) is 5. The second kappa shape index (κ2) is 9.71. The highest BCUT2D eigenvalue weighted by molar-refractivity contribution is 6.30. The van der Waals surface area contributed by atoms with Gasteiger partial charge in [-0.05, 0) is 36.3 Å². The number of aryl methyl sites for hydroxylation is 1. The van der Waals surface area contributed by atoms with Gasteiger partial charge in [0.2, 0.25) is 0 Å². The number of aromatic nitrogens is 6. The number of rotatable bonds is 9. The summed E-state index contributed by atoms with van der Waals surface area (Å²) in [6, 6.07) is 8.65. The highest BCUT2D eigenvalue weighted by Gasteiger charge is 2.30. The van der Waals surface area contributed by atoms with Crippen molar-refractivity contribution in [3.8, 4) is 0 Å². The van der Waals surface area contributed by atoms with Crippen molar-refractivity contribution in [2.75, 3.05) is 0 Å². The molecule has 1 aromatic carbocycles. The first-order valence-corrected chi connectivity index (χ1v) is 11.3. The van der Waals surface area contributed by atoms with E-state index in [1.807, 2.05) is 0 Å². The lowest BCUT2D eigenvalue weighted by atomic mass is 9.84. The molecule has 0 amide bonds. The Hall–Kier alpha value is -2.25. The van der Waals surface area contributed by atoms with Gasteiger partial charge >= 0.3 is 0 Å². The molecule has 0 bridgehead atoms. The summed E-state index contributed by atoms with van der Waals surface area (Å²) in [6.07, 6.45) is 7.93. The minimum Gasteiger partial charge on any atom is -0.390 e. The quantitative estimate of drug-likeness (QED) is 0.531. The van der Waals surface area contributed by atoms with Crippen LogP contribution in [0.25, 0.3) is 0 Å². The molecule has 1 fully saturated rings. The van der Waals surface area contributed by atoms with Crippen molar-refractivity contribution in [1.82, 2.24) is 30.2 Å². The fraction of sp³-hybridized carbons (Fsp3) is 0.545. The summed E-state index contributed by atoms with van der Waals surface area (Å²) in [5.41, 5.74) is 3.06. The van der Waals surface area contributed by atoms with Crippen molar-refractivity contribution in [2.45, 2.75) is 70.9 Å². The summed E-state index contributed by atoms with van der Waals surface area (Å²) in [7, 11) is 0. The van der Waals surface area contributed by atoms with Gasteiger partial charge in [-0.25, -0.2) is 4.98 Å². The van der Waals surface area contributed by atoms with Crippen LogP contribution in [0.15, 0.2) is 24.3 Å². The van der Waals surface area contributed by atoms with E-state index in [1.54, 1.807) is 0 Å². The van der Waals surface area contributed by atoms with Gasteiger partial charge in [-0.3, -0.25) is 0 Å². The average Bonchev–Trinajstić information content (AvgIpc) is 3.51. The summed E-state index contributed by atoms with van der Waals surface area (Å²) in [5.74, 6) is 2.45. The maximum atomic E-state index is 9.79. The molecule has 0 aliphatic heterocycles. The maximum Gasteiger partial charge on any atom is 0.182 e. The molecule has 2 N–H and O–H groups in total. The largest absolute Gasteiger partial charge is 0.390 e. The number of halogens is 1. The Kier molecular flexibility index (Phi) is 6.79. The molecular formula is C22H29ClN6O. The number of imidazole rings is 1. The third-order valence-corrected chi connectivity index (χ3v) is 6.50. The smallest absolute Gasteiger partial charge is 0.182 e. The van der Waals surface area contributed by atoms with E-state index in [-0.39, 0.29) is 12.5 Å². The molecule has 30 heavy (non-hydrogen) atoms. The molecule has 160 valence electrons. The van der Waals surface area contributed by atoms with Crippen LogP contribution in [-0.2, 0) is 19.6 Å². The standard InChI is InChI=1S/C22H29ClN6O/c1-2-3-8-19-24-21(23)18(14-30)29(19)13-15-9-11-17(12-10-15)20(16-6-4-5-7-16)22-25-27-28-26-22/h9-12,16,20,30H,2-8,13-14H2,1H3,(H,25,26,27,28). The Balaban J connectivity index is 1.58. The number of hydrogen-bond donors (Lipinski definition) is 2. The third kappa shape index (κ3) is 4.42. The van der Waals surface area contributed by atoms with Crippen LogP contribution < -0.4 is 0 Å². The molecule has 0 spiro atoms. The summed E-state index contributed by atoms with van der Waals surface area (Å²) in [5, 5.41) is 25.2. The molecule has 1 atom stereocenters. The Morgan fingerprint density at radius 2 is 2.00 bits per heavy atom. The average molecular weight is 429 g/mol. The molecular weight excluding hydrogens is 400 g/mol. The molecule has 8 heteroatoms. The zero-order valence-electron chi connectivity index (χ0n) is 17.4. The van der Waals surface area contributed by atoms with Crippen molar-refractivity contribution in [3.05, 3.63) is 57.9 Å². The fourth-order valence-corrected chi connectivity index (χ4v) is 4.86. The lowest BCUT2D eigenvalue weighted by Crippen LogP contribution is -2.14. The minimum absolute atomic E-state index is 0.113. The van der Waals surface area contributed by atoms with Crippen molar-refractivity contribution in [3.63, 3.8) is 0 Å². The molecule has 1 saturated carbocycles. The van der Waals surface area contributed by atoms with E-state index >= 15 is 0 Å². The van der Waals surface area contributed by atoms with Crippen molar-refractivity contribution in [2.24, 2.45) is 5.92 Å². The van der Waals surface area contributed by atoms with E-state index in [2.05, 4.69) is 61.4 Å². The first kappa shape index (κ1) is 21.0. The van der Waals surface area contributed by atoms with Crippen LogP contribution >= 0.6 is 11.6 Å². The SMILES string of the molecule is CCCCc1nc(Cl)c(CO)n1Cc1ccc(C(c2nn[nH]n2)C2CCCC2)cc1. The number of aliphatic hydroxyl groups is 1. The number of aliphatic hydroxyl groups excluding tert-OH is 1. The van der Waals surface area contributed by atoms with E-state index in [4.69, 9.17) is 11.6 Å². The highest BCUT2D eigenvalue weighted by atomic mass is 35.5. The Morgan fingerprint density at radius 1 is 1.23 bits per heavy atom. The van der Waals surface area contributed by atoms with Crippen LogP contribution in [0.5, 0.6) is 0 Å². The van der Waals surface area contributed by atoms with Gasteiger partial charge in [-0.2, -0.15) is 5.21 Å². The topological polar surface area (TPSA) is 92.5 Å². The maximum absolute atomic E-state index is 9.79. The zero-order valence-corrected chi connectivity index (χ0v) is 18.1. The molecule has 1 aliphatic rings. The summed E-state index contributed by atoms with van der Waals surface area (Å²) < 4.78 is 2.06. The number of unbranched alkanes of at least 4 members (excludes halogenated alkanes) is 1. The molecule has 2 heterocycles. The predicted molar refractivity (Wildman–Crippen MR) is 115 cm³/mol. The van der Waals surface area contributed by atoms with Crippen LogP contribution in [0, 0.1) is 5.92 Å². The van der Waals surface area contributed by atoms with Crippen LogP contribution in [0.4, 0.5) is 0 Å². The number of nitrogens with one attached hydrogen (secondary N) is 1. The molecule has 1 aliphatic carbocycles. The summed E-state index contributed by atoms with van der Waals surface area (Å²) >= 11 is 6.28. The molecule has 0 radical (unpaired) electrons. The zero-order chi connectivity index (χ0) is 20.9. The van der Waals surface area contributed by atoms with E-state index in [0.29, 0.717) is 23.3 Å². The predicted octanol–water partition coefficient (Wildman–Crippen LogP) is 4.25. The van der Waals surface area contributed by atoms with Crippen molar-refractivity contribution in [1.29, 1.82) is 0 Å². The minimum atomic E-state index is -0.113. The van der Waals surface area contributed by atoms with Crippen LogP contribution in [-0.4, -0.2) is 35.3 Å². The normalized spacial score (nSPS) is 15.7. The van der Waals surface area contributed by atoms with Crippen LogP contribution in [0.2, 0.25) is 5.15 Å². The van der Waals surface area contributed by atoms with Gasteiger partial charge in [0.25, 0.3) is 0 Å². The van der Waals surface area contributed by atoms with Gasteiger partial charge in [-0.1, -0.05) is 67.3 Å². The van der Waals surface area contributed by atoms with E-state index < -0.39 is 0 Å². The van der Waals surface area contributed by atoms with Gasteiger partial charge in [0.15, 0.2) is 11.0 Å². The Bertz CT molecular complexity index is 931. The highest BCUT2D eigenvalue weighted by Crippen LogP contribution is 2.40. The van der Waals surface area contributed by atoms with Crippen molar-refractivity contribution >= 4 is 11.6 Å². The van der Waals surface area contributed by atoms with Gasteiger partial charge in [0.05, 0.1) is 18.2 Å². The molecule has 3 aromatic rings. The van der Waals surface area contributed by atoms with E-state index in [0.717, 1.165) is 36.5 Å². The first-order chi connectivity index (χ1) is 14.7. The van der Waals surface area contributed by atoms with Gasteiger partial charge < -0.3 is 9.67 Å². The molecule has 0 saturated heterocycles. The monoisotopic (exact) mass is 428 g/mol. The van der Waals surface area contributed by atoms with Gasteiger partial charge in [0, 0.05) is 13.0 Å². The van der Waals surface area contributed by atoms with Crippen LogP contribution in [0.1, 0.15) is 79.8 Å². The second-order valence-corrected chi connectivity index (χ2v) is 8.51. The first-order valence-electron chi connectivity index (χ1n) is 10.9. The number of hydrogen-bond acceptors (Lipinski definition) is 5. The van der Waals surface area contributed by atoms with E-state index in [1.165, 1.54) is 31.2 Å². The number of aromatic amines is 1. The van der Waals surface area contributed by atoms with Gasteiger partial charge in [-0.15, -0.1) is 10.2 Å². The lowest BCUT2D eigenvalue weighted by molar-refractivity contribution is 0.271. The van der Waals surface area contributed by atoms with E-state index in [9.17, 15) is 5.11 Å². The summed E-state index contributed by atoms with van der Waals surface area (Å²) in [6.45, 7) is 2.69. The van der Waals surface area contributed by atoms with Crippen molar-refractivity contribution < 1.29 is 5.11 Å². The second-order valence-electron chi connectivity index (χ2n) is 8.15. The molecule has 7 nitrogen and oxygen atoms in total. The number of tetrazole rings is 1. The fourth-order valence-electron chi connectivity index (χ4n) is 4.61. The van der Waals surface area contributed by atoms with Crippen LogP contribution in [0.3, 0.4) is 0 Å². The Morgan fingerprint density at radius 3 is 2.63 bits per heavy atom. The molecule has 1 unspecified atom stereocenters. The lowest BCUT2D eigenvalue weighted by Gasteiger charge is -2.21. The molecule has 4 rings (SSSR count).